The van der Waals surface area contributed by atoms with Crippen LogP contribution in [0.5, 0.6) is 0 Å². The van der Waals surface area contributed by atoms with E-state index in [1.54, 1.807) is 24.7 Å². The fraction of sp³-hybridized carbons (Fsp3) is 0. The monoisotopic (exact) mass is 277 g/mol. The van der Waals surface area contributed by atoms with E-state index < -0.39 is 5.82 Å². The first-order valence-electron chi connectivity index (χ1n) is 6.48. The number of halogens is 1. The average molecular weight is 277 g/mol. The summed E-state index contributed by atoms with van der Waals surface area (Å²) < 4.78 is 15.5. The highest BCUT2D eigenvalue weighted by molar-refractivity contribution is 5.87. The Morgan fingerprint density at radius 1 is 1.00 bits per heavy atom. The number of fused-ring (bicyclic) bond motifs is 2. The molecule has 4 rings (SSSR count). The predicted molar refractivity (Wildman–Crippen MR) is 80.7 cm³/mol. The third-order valence-corrected chi connectivity index (χ3v) is 3.57. The van der Waals surface area contributed by atoms with Crippen molar-refractivity contribution in [3.05, 3.63) is 60.9 Å². The standard InChI is InChI=1S/C16H11FN4/c17-13-5-11-7-16(20-8-12(11)6-14(13)18)21-4-2-10-1-3-19-9-15(10)21/h1-9H,18H2/i17-1. The van der Waals surface area contributed by atoms with Crippen molar-refractivity contribution in [2.24, 2.45) is 0 Å². The van der Waals surface area contributed by atoms with E-state index in [1.807, 2.05) is 29.0 Å². The zero-order valence-electron chi connectivity index (χ0n) is 11.0. The molecule has 0 saturated carbocycles. The molecule has 0 aliphatic rings. The first-order valence-corrected chi connectivity index (χ1v) is 6.48. The third-order valence-electron chi connectivity index (χ3n) is 3.57. The molecule has 0 aliphatic carbocycles. The first kappa shape index (κ1) is 11.8. The van der Waals surface area contributed by atoms with Crippen molar-refractivity contribution in [3.8, 4) is 5.82 Å². The number of nitrogens with two attached hydrogens (primary N) is 1. The largest absolute Gasteiger partial charge is 0.396 e. The molecular weight excluding hydrogens is 266 g/mol. The van der Waals surface area contributed by atoms with E-state index in [-0.39, 0.29) is 5.69 Å². The summed E-state index contributed by atoms with van der Waals surface area (Å²) >= 11 is 0. The van der Waals surface area contributed by atoms with Crippen molar-refractivity contribution < 1.29 is 4.39 Å². The minimum atomic E-state index is -0.418. The Hall–Kier alpha value is -2.95. The maximum atomic E-state index is 13.6. The van der Waals surface area contributed by atoms with Gasteiger partial charge in [-0.15, -0.1) is 0 Å². The summed E-state index contributed by atoms with van der Waals surface area (Å²) in [6, 6.07) is 8.79. The molecule has 5 heteroatoms. The van der Waals surface area contributed by atoms with Crippen LogP contribution < -0.4 is 5.73 Å². The van der Waals surface area contributed by atoms with Crippen molar-refractivity contribution in [2.45, 2.75) is 0 Å². The van der Waals surface area contributed by atoms with Gasteiger partial charge in [-0.3, -0.25) is 9.55 Å². The molecule has 102 valence electrons. The zero-order chi connectivity index (χ0) is 14.4. The number of aromatic nitrogens is 3. The van der Waals surface area contributed by atoms with Gasteiger partial charge in [0.1, 0.15) is 11.6 Å². The van der Waals surface area contributed by atoms with Gasteiger partial charge in [0.2, 0.25) is 0 Å². The van der Waals surface area contributed by atoms with E-state index in [0.29, 0.717) is 0 Å². The Kier molecular flexibility index (Phi) is 2.41. The fourth-order valence-corrected chi connectivity index (χ4v) is 2.48. The lowest BCUT2D eigenvalue weighted by molar-refractivity contribution is 0.634. The van der Waals surface area contributed by atoms with E-state index >= 15 is 0 Å². The van der Waals surface area contributed by atoms with Gasteiger partial charge < -0.3 is 5.73 Å². The molecule has 0 fully saturated rings. The van der Waals surface area contributed by atoms with Gasteiger partial charge in [-0.1, -0.05) is 0 Å². The maximum absolute atomic E-state index is 13.6. The molecule has 0 atom stereocenters. The van der Waals surface area contributed by atoms with Gasteiger partial charge in [-0.05, 0) is 35.7 Å². The predicted octanol–water partition coefficient (Wildman–Crippen LogP) is 3.30. The molecule has 0 bridgehead atoms. The van der Waals surface area contributed by atoms with E-state index in [1.165, 1.54) is 6.07 Å². The Balaban J connectivity index is 1.96. The fourth-order valence-electron chi connectivity index (χ4n) is 2.48. The van der Waals surface area contributed by atoms with Crippen LogP contribution in [-0.4, -0.2) is 14.5 Å². The lowest BCUT2D eigenvalue weighted by atomic mass is 10.1. The highest BCUT2D eigenvalue weighted by Gasteiger charge is 2.07. The molecule has 2 N–H and O–H groups in total. The Morgan fingerprint density at radius 3 is 2.81 bits per heavy atom. The minimum Gasteiger partial charge on any atom is -0.396 e. The van der Waals surface area contributed by atoms with Crippen LogP contribution in [0.15, 0.2) is 55.1 Å². The van der Waals surface area contributed by atoms with Crippen LogP contribution >= 0.6 is 0 Å². The van der Waals surface area contributed by atoms with E-state index in [9.17, 15) is 4.39 Å². The minimum absolute atomic E-state index is 0.132. The molecule has 0 saturated heterocycles. The smallest absolute Gasteiger partial charge is 0.146 e. The van der Waals surface area contributed by atoms with Crippen LogP contribution in [0.3, 0.4) is 0 Å². The third kappa shape index (κ3) is 1.82. The molecule has 3 aromatic heterocycles. The van der Waals surface area contributed by atoms with Crippen LogP contribution in [-0.2, 0) is 0 Å². The Bertz CT molecular complexity index is 975. The summed E-state index contributed by atoms with van der Waals surface area (Å²) in [4.78, 5) is 8.56. The van der Waals surface area contributed by atoms with Crippen LogP contribution in [0.2, 0.25) is 0 Å². The number of rotatable bonds is 1. The number of nitrogens with zero attached hydrogens (tertiary/aromatic N) is 3. The van der Waals surface area contributed by atoms with Crippen molar-refractivity contribution >= 4 is 27.4 Å². The average Bonchev–Trinajstić information content (AvgIpc) is 2.92. The van der Waals surface area contributed by atoms with Gasteiger partial charge in [-0.2, -0.15) is 0 Å². The number of pyridine rings is 2. The number of anilines is 1. The van der Waals surface area contributed by atoms with Gasteiger partial charge in [0.25, 0.3) is 0 Å². The quantitative estimate of drug-likeness (QED) is 0.543. The molecule has 1 aromatic carbocycles. The van der Waals surface area contributed by atoms with Crippen LogP contribution in [0.1, 0.15) is 0 Å². The van der Waals surface area contributed by atoms with Crippen LogP contribution in [0, 0.1) is 5.82 Å². The second-order valence-electron chi connectivity index (χ2n) is 4.88. The number of nitrogen functional groups attached to an aromatic ring is 1. The van der Waals surface area contributed by atoms with Gasteiger partial charge in [0.15, 0.2) is 0 Å². The van der Waals surface area contributed by atoms with Crippen molar-refractivity contribution in [2.75, 3.05) is 5.73 Å². The Labute approximate surface area is 119 Å². The summed E-state index contributed by atoms with van der Waals surface area (Å²) in [6.07, 6.45) is 7.15. The number of hydrogen-bond acceptors (Lipinski definition) is 3. The lowest BCUT2D eigenvalue weighted by Gasteiger charge is -2.07. The van der Waals surface area contributed by atoms with Gasteiger partial charge in [-0.25, -0.2) is 9.37 Å². The van der Waals surface area contributed by atoms with Crippen molar-refractivity contribution in [1.82, 2.24) is 14.5 Å². The first-order chi connectivity index (χ1) is 10.2. The van der Waals surface area contributed by atoms with Gasteiger partial charge in [0, 0.05) is 29.4 Å². The topological polar surface area (TPSA) is 56.7 Å². The molecule has 21 heavy (non-hydrogen) atoms. The second-order valence-corrected chi connectivity index (χ2v) is 4.88. The lowest BCUT2D eigenvalue weighted by Crippen LogP contribution is -1.97. The van der Waals surface area contributed by atoms with Gasteiger partial charge in [0.05, 0.1) is 17.4 Å². The van der Waals surface area contributed by atoms with E-state index in [0.717, 1.165) is 27.5 Å². The highest BCUT2D eigenvalue weighted by Crippen LogP contribution is 2.24. The second kappa shape index (κ2) is 4.28. The van der Waals surface area contributed by atoms with Crippen molar-refractivity contribution in [3.63, 3.8) is 0 Å². The molecule has 3 heterocycles. The molecule has 4 aromatic rings. The molecule has 0 radical (unpaired) electrons. The van der Waals surface area contributed by atoms with Crippen LogP contribution in [0.25, 0.3) is 27.5 Å². The zero-order valence-corrected chi connectivity index (χ0v) is 11.0. The summed E-state index contributed by atoms with van der Waals surface area (Å²) in [5.41, 5.74) is 6.67. The molecule has 0 unspecified atom stereocenters. The normalized spacial score (nSPS) is 11.3. The van der Waals surface area contributed by atoms with Crippen LogP contribution in [0.4, 0.5) is 10.1 Å². The molecule has 4 nitrogen and oxygen atoms in total. The molecule has 0 amide bonds. The summed E-state index contributed by atoms with van der Waals surface area (Å²) in [5, 5.41) is 2.65. The number of benzene rings is 1. The van der Waals surface area contributed by atoms with E-state index in [2.05, 4.69) is 9.97 Å². The molecule has 0 aliphatic heterocycles. The highest BCUT2D eigenvalue weighted by atomic mass is 18.2. The van der Waals surface area contributed by atoms with Gasteiger partial charge >= 0.3 is 0 Å². The van der Waals surface area contributed by atoms with Crippen molar-refractivity contribution in [1.29, 1.82) is 0 Å². The summed E-state index contributed by atoms with van der Waals surface area (Å²) in [5.74, 6) is 0.299. The SMILES string of the molecule is Nc1cc2cnc(-n3ccc4ccncc43)cc2cc1[18F]. The molecule has 0 spiro atoms. The number of hydrogen-bond donors (Lipinski definition) is 1. The molecular formula is C16H11FN4. The Morgan fingerprint density at radius 2 is 1.90 bits per heavy atom. The maximum Gasteiger partial charge on any atom is 0.146 e. The summed E-state index contributed by atoms with van der Waals surface area (Å²) in [6.45, 7) is 0. The summed E-state index contributed by atoms with van der Waals surface area (Å²) in [7, 11) is 0. The van der Waals surface area contributed by atoms with E-state index in [4.69, 9.17) is 5.73 Å².